The predicted molar refractivity (Wildman–Crippen MR) is 212 cm³/mol. The van der Waals surface area contributed by atoms with Crippen LogP contribution in [0.25, 0.3) is 0 Å². The Balaban J connectivity index is 0.000000273. The lowest BCUT2D eigenvalue weighted by molar-refractivity contribution is -0.168. The number of amides is 2. The number of nitrogens with one attached hydrogen (secondary N) is 1. The lowest BCUT2D eigenvalue weighted by Crippen LogP contribution is -2.56. The number of carboxylic acids is 1. The average Bonchev–Trinajstić information content (AvgIpc) is 3.16. The molecule has 3 aromatic carbocycles. The molecule has 302 valence electrons. The second kappa shape index (κ2) is 19.6. The summed E-state index contributed by atoms with van der Waals surface area (Å²) < 4.78 is 16.3. The lowest BCUT2D eigenvalue weighted by Gasteiger charge is -2.39. The fourth-order valence-electron chi connectivity index (χ4n) is 7.13. The summed E-state index contributed by atoms with van der Waals surface area (Å²) in [5.41, 5.74) is 1.87. The van der Waals surface area contributed by atoms with E-state index in [9.17, 15) is 29.1 Å². The molecular weight excluding hydrogens is 712 g/mol. The van der Waals surface area contributed by atoms with Gasteiger partial charge in [-0.2, -0.15) is 0 Å². The molecule has 2 fully saturated rings. The van der Waals surface area contributed by atoms with Gasteiger partial charge in [0, 0.05) is 6.54 Å². The zero-order valence-corrected chi connectivity index (χ0v) is 33.7. The Morgan fingerprint density at radius 3 is 1.75 bits per heavy atom. The van der Waals surface area contributed by atoms with Gasteiger partial charge in [0.2, 0.25) is 5.91 Å². The molecule has 1 heterocycles. The average molecular weight is 771 g/mol. The van der Waals surface area contributed by atoms with Crippen LogP contribution < -0.4 is 5.32 Å². The molecule has 1 aliphatic carbocycles. The molecule has 11 heteroatoms. The van der Waals surface area contributed by atoms with Crippen molar-refractivity contribution < 1.29 is 43.3 Å². The van der Waals surface area contributed by atoms with Gasteiger partial charge in [-0.25, -0.2) is 9.59 Å². The second-order valence-corrected chi connectivity index (χ2v) is 16.7. The van der Waals surface area contributed by atoms with Crippen molar-refractivity contribution in [3.63, 3.8) is 0 Å². The monoisotopic (exact) mass is 770 g/mol. The summed E-state index contributed by atoms with van der Waals surface area (Å²) >= 11 is 0. The van der Waals surface area contributed by atoms with Crippen LogP contribution in [0.1, 0.15) is 109 Å². The third-order valence-corrected chi connectivity index (χ3v) is 9.89. The molecule has 0 radical (unpaired) electrons. The minimum Gasteiger partial charge on any atom is -0.481 e. The first-order chi connectivity index (χ1) is 26.4. The Labute approximate surface area is 331 Å². The molecule has 2 aliphatic rings. The summed E-state index contributed by atoms with van der Waals surface area (Å²) in [5.74, 6) is -3.11. The largest absolute Gasteiger partial charge is 0.481 e. The van der Waals surface area contributed by atoms with E-state index in [1.807, 2.05) is 91.0 Å². The van der Waals surface area contributed by atoms with E-state index >= 15 is 0 Å². The van der Waals surface area contributed by atoms with Crippen molar-refractivity contribution in [2.75, 3.05) is 6.54 Å². The molecule has 5 rings (SSSR count). The fourth-order valence-corrected chi connectivity index (χ4v) is 7.13. The Morgan fingerprint density at radius 2 is 1.23 bits per heavy atom. The van der Waals surface area contributed by atoms with Gasteiger partial charge in [0.05, 0.1) is 11.8 Å². The van der Waals surface area contributed by atoms with Gasteiger partial charge >= 0.3 is 24.0 Å². The van der Waals surface area contributed by atoms with Gasteiger partial charge in [0.1, 0.15) is 29.9 Å². The van der Waals surface area contributed by atoms with Crippen LogP contribution in [0.4, 0.5) is 4.79 Å². The number of aliphatic carboxylic acids is 1. The van der Waals surface area contributed by atoms with Crippen LogP contribution in [0.2, 0.25) is 0 Å². The zero-order valence-electron chi connectivity index (χ0n) is 33.7. The molecule has 6 atom stereocenters. The van der Waals surface area contributed by atoms with E-state index in [0.29, 0.717) is 25.8 Å². The summed E-state index contributed by atoms with van der Waals surface area (Å²) in [6, 6.07) is 27.6. The van der Waals surface area contributed by atoms with Crippen molar-refractivity contribution in [2.45, 2.75) is 122 Å². The minimum atomic E-state index is -0.906. The van der Waals surface area contributed by atoms with E-state index in [2.05, 4.69) is 5.32 Å². The number of esters is 2. The molecule has 1 saturated heterocycles. The molecule has 11 nitrogen and oxygen atoms in total. The van der Waals surface area contributed by atoms with Gasteiger partial charge in [-0.15, -0.1) is 0 Å². The standard InChI is InChI=1S/C27H34N2O5.C18H24O4/c1-19(25(31)33-18-20-11-7-5-8-12-20)28-24(30)23-17-22(21-13-9-6-10-14-21)15-16-29(23)26(32)34-27(2,3)4;1-18(2,3)22-17(21)14-10-9-13(11-15(14)16(19)20)12-7-5-4-6-8-12/h5-14,19,22-23H,15-18H2,1-4H3,(H,28,30);4-8,13-15H,9-11H2,1-3H3,(H,19,20)/t19-,22-,23+;/m0./s1. The molecule has 56 heavy (non-hydrogen) atoms. The van der Waals surface area contributed by atoms with Gasteiger partial charge in [-0.05, 0) is 109 Å². The number of carbonyl (C=O) groups excluding carboxylic acids is 4. The number of rotatable bonds is 9. The van der Waals surface area contributed by atoms with Crippen LogP contribution >= 0.6 is 0 Å². The normalized spacial score (nSPS) is 21.6. The van der Waals surface area contributed by atoms with Gasteiger partial charge in [-0.1, -0.05) is 91.0 Å². The number of ether oxygens (including phenoxy) is 3. The van der Waals surface area contributed by atoms with Crippen LogP contribution in [0.5, 0.6) is 0 Å². The van der Waals surface area contributed by atoms with Crippen LogP contribution in [-0.2, 0) is 40.0 Å². The Morgan fingerprint density at radius 1 is 0.714 bits per heavy atom. The van der Waals surface area contributed by atoms with Crippen LogP contribution in [0.15, 0.2) is 91.0 Å². The zero-order chi connectivity index (χ0) is 41.0. The summed E-state index contributed by atoms with van der Waals surface area (Å²) in [7, 11) is 0. The lowest BCUT2D eigenvalue weighted by atomic mass is 9.72. The maximum atomic E-state index is 13.3. The van der Waals surface area contributed by atoms with Crippen LogP contribution in [0, 0.1) is 11.8 Å². The van der Waals surface area contributed by atoms with E-state index in [1.165, 1.54) is 4.90 Å². The Bertz CT molecular complexity index is 1750. The van der Waals surface area contributed by atoms with Gasteiger partial charge in [0.25, 0.3) is 0 Å². The molecule has 0 bridgehead atoms. The second-order valence-electron chi connectivity index (χ2n) is 16.7. The number of benzene rings is 3. The van der Waals surface area contributed by atoms with E-state index in [4.69, 9.17) is 14.2 Å². The van der Waals surface area contributed by atoms with Crippen molar-refractivity contribution in [1.29, 1.82) is 0 Å². The van der Waals surface area contributed by atoms with Crippen LogP contribution in [-0.4, -0.2) is 69.7 Å². The molecule has 2 amide bonds. The van der Waals surface area contributed by atoms with E-state index < -0.39 is 59.1 Å². The van der Waals surface area contributed by atoms with Crippen molar-refractivity contribution in [3.8, 4) is 0 Å². The SMILES string of the molecule is CC(C)(C)OC(=O)C1CCC(c2ccccc2)CC1C(=O)O.C[C@H](NC(=O)[C@H]1C[C@@H](c2ccccc2)CCN1C(=O)OC(C)(C)C)C(=O)OCc1ccccc1. The maximum absolute atomic E-state index is 13.3. The van der Waals surface area contributed by atoms with Crippen LogP contribution in [0.3, 0.4) is 0 Å². The highest BCUT2D eigenvalue weighted by molar-refractivity contribution is 5.90. The van der Waals surface area contributed by atoms with Crippen molar-refractivity contribution >= 4 is 29.9 Å². The van der Waals surface area contributed by atoms with E-state index in [0.717, 1.165) is 29.5 Å². The highest BCUT2D eigenvalue weighted by Crippen LogP contribution is 2.41. The van der Waals surface area contributed by atoms with Crippen molar-refractivity contribution in [1.82, 2.24) is 10.2 Å². The quantitative estimate of drug-likeness (QED) is 0.163. The van der Waals surface area contributed by atoms with E-state index in [1.54, 1.807) is 48.5 Å². The predicted octanol–water partition coefficient (Wildman–Crippen LogP) is 8.03. The molecular formula is C45H58N2O9. The molecule has 0 aromatic heterocycles. The summed E-state index contributed by atoms with van der Waals surface area (Å²) in [6.45, 7) is 12.9. The third-order valence-electron chi connectivity index (χ3n) is 9.89. The number of likely N-dealkylation sites (tertiary alicyclic amines) is 1. The fraction of sp³-hybridized carbons (Fsp3) is 0.489. The first-order valence-corrected chi connectivity index (χ1v) is 19.5. The molecule has 1 saturated carbocycles. The Kier molecular flexibility index (Phi) is 15.2. The first-order valence-electron chi connectivity index (χ1n) is 19.5. The number of nitrogens with zero attached hydrogens (tertiary/aromatic N) is 1. The van der Waals surface area contributed by atoms with E-state index in [-0.39, 0.29) is 24.4 Å². The molecule has 2 N–H and O–H groups in total. The number of hydrogen-bond acceptors (Lipinski definition) is 8. The number of carbonyl (C=O) groups is 5. The Hall–Kier alpha value is -5.19. The highest BCUT2D eigenvalue weighted by atomic mass is 16.6. The molecule has 3 aromatic rings. The number of hydrogen-bond donors (Lipinski definition) is 2. The van der Waals surface area contributed by atoms with Crippen molar-refractivity contribution in [3.05, 3.63) is 108 Å². The number of carboxylic acid groups (broad SMARTS) is 1. The van der Waals surface area contributed by atoms with Gasteiger partial charge < -0.3 is 24.6 Å². The number of piperidine rings is 1. The molecule has 3 unspecified atom stereocenters. The van der Waals surface area contributed by atoms with Gasteiger partial charge in [0.15, 0.2) is 0 Å². The molecule has 1 aliphatic heterocycles. The van der Waals surface area contributed by atoms with Crippen molar-refractivity contribution in [2.24, 2.45) is 11.8 Å². The third kappa shape index (κ3) is 13.2. The summed E-state index contributed by atoms with van der Waals surface area (Å²) in [4.78, 5) is 64.0. The minimum absolute atomic E-state index is 0.121. The summed E-state index contributed by atoms with van der Waals surface area (Å²) in [6.07, 6.45) is 2.51. The molecule has 0 spiro atoms. The highest BCUT2D eigenvalue weighted by Gasteiger charge is 2.42. The summed E-state index contributed by atoms with van der Waals surface area (Å²) in [5, 5.41) is 12.3. The first kappa shape index (κ1) is 43.5. The van der Waals surface area contributed by atoms with Gasteiger partial charge in [-0.3, -0.25) is 19.3 Å². The maximum Gasteiger partial charge on any atom is 0.410 e. The topological polar surface area (TPSA) is 149 Å². The smallest absolute Gasteiger partial charge is 0.410 e.